The van der Waals surface area contributed by atoms with Gasteiger partial charge in [0.2, 0.25) is 0 Å². The standard InChI is InChI=1S/C12H8BrN3/c13-9-4-3-7-16-8-11(15-12(9)16)10-5-1-2-6-14-10/h1-8H. The molecular formula is C12H8BrN3. The van der Waals surface area contributed by atoms with Gasteiger partial charge in [-0.05, 0) is 40.2 Å². The SMILES string of the molecule is Brc1cccn2cc(-c3ccccn3)nc12. The van der Waals surface area contributed by atoms with Crippen LogP contribution in [0.5, 0.6) is 0 Å². The quantitative estimate of drug-likeness (QED) is 0.682. The molecule has 0 spiro atoms. The molecule has 78 valence electrons. The number of rotatable bonds is 1. The van der Waals surface area contributed by atoms with Crippen LogP contribution < -0.4 is 0 Å². The summed E-state index contributed by atoms with van der Waals surface area (Å²) in [5.74, 6) is 0. The van der Waals surface area contributed by atoms with Gasteiger partial charge in [0.05, 0.1) is 10.2 Å². The van der Waals surface area contributed by atoms with Crippen LogP contribution in [0, 0.1) is 0 Å². The average Bonchev–Trinajstić information content (AvgIpc) is 2.76. The summed E-state index contributed by atoms with van der Waals surface area (Å²) < 4.78 is 2.96. The summed E-state index contributed by atoms with van der Waals surface area (Å²) in [5, 5.41) is 0. The third kappa shape index (κ3) is 1.51. The van der Waals surface area contributed by atoms with Crippen molar-refractivity contribution < 1.29 is 0 Å². The minimum absolute atomic E-state index is 0.882. The van der Waals surface area contributed by atoms with E-state index in [2.05, 4.69) is 25.9 Å². The van der Waals surface area contributed by atoms with Crippen molar-refractivity contribution >= 4 is 21.6 Å². The van der Waals surface area contributed by atoms with Gasteiger partial charge in [-0.3, -0.25) is 4.98 Å². The molecule has 0 fully saturated rings. The van der Waals surface area contributed by atoms with Crippen molar-refractivity contribution in [3.8, 4) is 11.4 Å². The molecule has 0 aliphatic carbocycles. The molecule has 0 amide bonds. The maximum atomic E-state index is 4.54. The molecule has 0 aromatic carbocycles. The Morgan fingerprint density at radius 1 is 1.06 bits per heavy atom. The molecule has 3 rings (SSSR count). The number of hydrogen-bond acceptors (Lipinski definition) is 2. The van der Waals surface area contributed by atoms with E-state index in [9.17, 15) is 0 Å². The third-order valence-corrected chi connectivity index (χ3v) is 2.98. The zero-order valence-corrected chi connectivity index (χ0v) is 9.92. The molecule has 3 aromatic rings. The number of imidazole rings is 1. The fourth-order valence-corrected chi connectivity index (χ4v) is 2.06. The molecule has 3 aromatic heterocycles. The molecule has 3 nitrogen and oxygen atoms in total. The van der Waals surface area contributed by atoms with Crippen LogP contribution in [0.4, 0.5) is 0 Å². The molecule has 3 heterocycles. The van der Waals surface area contributed by atoms with Gasteiger partial charge >= 0.3 is 0 Å². The first kappa shape index (κ1) is 9.54. The van der Waals surface area contributed by atoms with Crippen LogP contribution in [0.3, 0.4) is 0 Å². The van der Waals surface area contributed by atoms with Gasteiger partial charge in [-0.2, -0.15) is 0 Å². The normalized spacial score (nSPS) is 10.8. The lowest BCUT2D eigenvalue weighted by atomic mass is 10.3. The van der Waals surface area contributed by atoms with Gasteiger partial charge in [0.25, 0.3) is 0 Å². The fraction of sp³-hybridized carbons (Fsp3) is 0. The zero-order chi connectivity index (χ0) is 11.0. The van der Waals surface area contributed by atoms with E-state index in [4.69, 9.17) is 0 Å². The molecule has 16 heavy (non-hydrogen) atoms. The molecule has 0 N–H and O–H groups in total. The molecule has 0 saturated heterocycles. The van der Waals surface area contributed by atoms with Gasteiger partial charge in [-0.25, -0.2) is 4.98 Å². The van der Waals surface area contributed by atoms with Crippen LogP contribution in [0.15, 0.2) is 53.4 Å². The molecule has 0 aliphatic heterocycles. The van der Waals surface area contributed by atoms with Crippen molar-refractivity contribution in [2.24, 2.45) is 0 Å². The highest BCUT2D eigenvalue weighted by Crippen LogP contribution is 2.21. The van der Waals surface area contributed by atoms with Gasteiger partial charge in [0, 0.05) is 18.6 Å². The van der Waals surface area contributed by atoms with Crippen molar-refractivity contribution in [1.82, 2.24) is 14.4 Å². The number of pyridine rings is 2. The molecule has 0 aliphatic rings. The van der Waals surface area contributed by atoms with Crippen LogP contribution in [0.1, 0.15) is 0 Å². The summed E-state index contributed by atoms with van der Waals surface area (Å²) in [4.78, 5) is 8.82. The maximum Gasteiger partial charge on any atom is 0.151 e. The molecule has 0 saturated carbocycles. The topological polar surface area (TPSA) is 30.2 Å². The Morgan fingerprint density at radius 3 is 2.75 bits per heavy atom. The minimum atomic E-state index is 0.882. The highest BCUT2D eigenvalue weighted by Gasteiger charge is 2.06. The largest absolute Gasteiger partial charge is 0.305 e. The van der Waals surface area contributed by atoms with Gasteiger partial charge in [0.1, 0.15) is 5.69 Å². The van der Waals surface area contributed by atoms with Crippen LogP contribution in [0.25, 0.3) is 17.0 Å². The number of halogens is 1. The first-order chi connectivity index (χ1) is 7.84. The van der Waals surface area contributed by atoms with E-state index in [0.29, 0.717) is 0 Å². The van der Waals surface area contributed by atoms with Gasteiger partial charge in [-0.1, -0.05) is 6.07 Å². The van der Waals surface area contributed by atoms with Gasteiger partial charge in [-0.15, -0.1) is 0 Å². The van der Waals surface area contributed by atoms with Crippen LogP contribution in [-0.2, 0) is 0 Å². The summed E-state index contributed by atoms with van der Waals surface area (Å²) in [6.07, 6.45) is 5.72. The van der Waals surface area contributed by atoms with E-state index in [1.807, 2.05) is 47.1 Å². The van der Waals surface area contributed by atoms with Crippen LogP contribution in [-0.4, -0.2) is 14.4 Å². The van der Waals surface area contributed by atoms with Gasteiger partial charge in [0.15, 0.2) is 5.65 Å². The fourth-order valence-electron chi connectivity index (χ4n) is 1.62. The molecule has 0 unspecified atom stereocenters. The van der Waals surface area contributed by atoms with E-state index >= 15 is 0 Å². The summed E-state index contributed by atoms with van der Waals surface area (Å²) in [5.41, 5.74) is 2.67. The highest BCUT2D eigenvalue weighted by atomic mass is 79.9. The first-order valence-corrected chi connectivity index (χ1v) is 5.68. The Kier molecular flexibility index (Phi) is 2.22. The monoisotopic (exact) mass is 273 g/mol. The Morgan fingerprint density at radius 2 is 2.00 bits per heavy atom. The van der Waals surface area contributed by atoms with Gasteiger partial charge < -0.3 is 4.40 Å². The van der Waals surface area contributed by atoms with Crippen molar-refractivity contribution in [1.29, 1.82) is 0 Å². The average molecular weight is 274 g/mol. The van der Waals surface area contributed by atoms with E-state index < -0.39 is 0 Å². The van der Waals surface area contributed by atoms with E-state index in [1.54, 1.807) is 6.20 Å². The molecule has 4 heteroatoms. The second-order valence-corrected chi connectivity index (χ2v) is 4.28. The van der Waals surface area contributed by atoms with Crippen molar-refractivity contribution in [3.63, 3.8) is 0 Å². The van der Waals surface area contributed by atoms with Crippen molar-refractivity contribution in [2.75, 3.05) is 0 Å². The Hall–Kier alpha value is -1.68. The Labute approximate surface area is 101 Å². The molecule has 0 radical (unpaired) electrons. The van der Waals surface area contributed by atoms with E-state index in [1.165, 1.54) is 0 Å². The number of fused-ring (bicyclic) bond motifs is 1. The lowest BCUT2D eigenvalue weighted by Gasteiger charge is -1.92. The highest BCUT2D eigenvalue weighted by molar-refractivity contribution is 9.10. The summed E-state index contributed by atoms with van der Waals surface area (Å²) in [7, 11) is 0. The molecular weight excluding hydrogens is 266 g/mol. The zero-order valence-electron chi connectivity index (χ0n) is 8.34. The van der Waals surface area contributed by atoms with Crippen molar-refractivity contribution in [3.05, 3.63) is 53.4 Å². The summed E-state index contributed by atoms with van der Waals surface area (Å²) >= 11 is 3.48. The first-order valence-electron chi connectivity index (χ1n) is 4.89. The summed E-state index contributed by atoms with van der Waals surface area (Å²) in [6, 6.07) is 9.76. The van der Waals surface area contributed by atoms with Crippen LogP contribution >= 0.6 is 15.9 Å². The molecule has 0 atom stereocenters. The van der Waals surface area contributed by atoms with E-state index in [0.717, 1.165) is 21.5 Å². The minimum Gasteiger partial charge on any atom is -0.305 e. The second kappa shape index (κ2) is 3.72. The third-order valence-electron chi connectivity index (χ3n) is 2.36. The predicted octanol–water partition coefficient (Wildman–Crippen LogP) is 3.16. The second-order valence-electron chi connectivity index (χ2n) is 3.43. The Bertz CT molecular complexity index is 631. The lowest BCUT2D eigenvalue weighted by Crippen LogP contribution is -1.81. The number of hydrogen-bond donors (Lipinski definition) is 0. The smallest absolute Gasteiger partial charge is 0.151 e. The lowest BCUT2D eigenvalue weighted by molar-refractivity contribution is 1.18. The maximum absolute atomic E-state index is 4.54. The number of nitrogens with zero attached hydrogens (tertiary/aromatic N) is 3. The Balaban J connectivity index is 2.23. The molecule has 0 bridgehead atoms. The van der Waals surface area contributed by atoms with Crippen molar-refractivity contribution in [2.45, 2.75) is 0 Å². The summed E-state index contributed by atoms with van der Waals surface area (Å²) in [6.45, 7) is 0. The van der Waals surface area contributed by atoms with Crippen LogP contribution in [0.2, 0.25) is 0 Å². The number of aromatic nitrogens is 3. The van der Waals surface area contributed by atoms with E-state index in [-0.39, 0.29) is 0 Å². The predicted molar refractivity (Wildman–Crippen MR) is 66.1 cm³/mol.